The quantitative estimate of drug-likeness (QED) is 0.851. The molecule has 3 unspecified atom stereocenters. The summed E-state index contributed by atoms with van der Waals surface area (Å²) in [5, 5.41) is 3.57. The van der Waals surface area contributed by atoms with Crippen LogP contribution in [0.3, 0.4) is 0 Å². The molecule has 3 atom stereocenters. The smallest absolute Gasteiger partial charge is 0.126 e. The van der Waals surface area contributed by atoms with Crippen LogP contribution in [0.5, 0.6) is 0 Å². The summed E-state index contributed by atoms with van der Waals surface area (Å²) in [5.74, 6) is 1.68. The zero-order valence-corrected chi connectivity index (χ0v) is 11.0. The normalized spacial score (nSPS) is 26.3. The maximum Gasteiger partial charge on any atom is 0.126 e. The maximum atomic E-state index is 5.69. The summed E-state index contributed by atoms with van der Waals surface area (Å²) in [6.45, 7) is 9.28. The molecule has 0 aliphatic carbocycles. The average Bonchev–Trinajstić information content (AvgIpc) is 2.94. The fourth-order valence-corrected chi connectivity index (χ4v) is 2.71. The maximum absolute atomic E-state index is 5.69. The van der Waals surface area contributed by atoms with Crippen LogP contribution in [0.1, 0.15) is 39.1 Å². The summed E-state index contributed by atoms with van der Waals surface area (Å²) in [6.07, 6.45) is 5.39. The molecule has 1 aromatic rings. The van der Waals surface area contributed by atoms with Gasteiger partial charge in [-0.05, 0) is 26.8 Å². The van der Waals surface area contributed by atoms with Crippen LogP contribution in [-0.2, 0) is 11.3 Å². The number of ether oxygens (including phenoxy) is 1. The molecule has 0 radical (unpaired) electrons. The number of aryl methyl sites for hydroxylation is 1. The van der Waals surface area contributed by atoms with E-state index in [-0.39, 0.29) is 0 Å². The van der Waals surface area contributed by atoms with Crippen LogP contribution in [-0.4, -0.2) is 28.8 Å². The van der Waals surface area contributed by atoms with Crippen molar-refractivity contribution in [2.24, 2.45) is 5.92 Å². The number of aromatic nitrogens is 2. The highest BCUT2D eigenvalue weighted by molar-refractivity contribution is 5.03. The van der Waals surface area contributed by atoms with Crippen LogP contribution >= 0.6 is 0 Å². The topological polar surface area (TPSA) is 39.1 Å². The molecular formula is C13H23N3O. The number of hydrogen-bond donors (Lipinski definition) is 1. The molecule has 17 heavy (non-hydrogen) atoms. The third-order valence-corrected chi connectivity index (χ3v) is 3.65. The first-order chi connectivity index (χ1) is 8.27. The van der Waals surface area contributed by atoms with Crippen molar-refractivity contribution in [3.05, 3.63) is 18.2 Å². The van der Waals surface area contributed by atoms with Gasteiger partial charge in [-0.3, -0.25) is 0 Å². The summed E-state index contributed by atoms with van der Waals surface area (Å²) < 4.78 is 7.91. The molecule has 0 bridgehead atoms. The lowest BCUT2D eigenvalue weighted by Gasteiger charge is -2.26. The Labute approximate surface area is 103 Å². The fraction of sp³-hybridized carbons (Fsp3) is 0.769. The van der Waals surface area contributed by atoms with Gasteiger partial charge in [-0.25, -0.2) is 4.98 Å². The molecular weight excluding hydrogens is 214 g/mol. The summed E-state index contributed by atoms with van der Waals surface area (Å²) in [7, 11) is 0. The van der Waals surface area contributed by atoms with Crippen molar-refractivity contribution in [1.82, 2.24) is 14.9 Å². The van der Waals surface area contributed by atoms with Gasteiger partial charge < -0.3 is 14.6 Å². The van der Waals surface area contributed by atoms with Crippen molar-refractivity contribution >= 4 is 0 Å². The highest BCUT2D eigenvalue weighted by atomic mass is 16.5. The van der Waals surface area contributed by atoms with E-state index in [2.05, 4.69) is 41.8 Å². The van der Waals surface area contributed by atoms with Gasteiger partial charge in [0.25, 0.3) is 0 Å². The molecule has 1 fully saturated rings. The average molecular weight is 237 g/mol. The Morgan fingerprint density at radius 1 is 1.59 bits per heavy atom. The molecule has 0 amide bonds. The number of rotatable bonds is 5. The van der Waals surface area contributed by atoms with Gasteiger partial charge in [0.05, 0.1) is 12.1 Å². The van der Waals surface area contributed by atoms with Crippen molar-refractivity contribution in [3.63, 3.8) is 0 Å². The van der Waals surface area contributed by atoms with Gasteiger partial charge in [-0.15, -0.1) is 0 Å². The monoisotopic (exact) mass is 237 g/mol. The highest BCUT2D eigenvalue weighted by Gasteiger charge is 2.34. The standard InChI is InChI=1S/C13H23N3O/c1-4-14-12(11-6-9-17-10(11)3)13-15-7-8-16(13)5-2/h7-8,10-12,14H,4-6,9H2,1-3H3. The van der Waals surface area contributed by atoms with Crippen molar-refractivity contribution < 1.29 is 4.74 Å². The molecule has 1 aromatic heterocycles. The van der Waals surface area contributed by atoms with E-state index in [0.717, 1.165) is 31.9 Å². The molecule has 0 saturated carbocycles. The summed E-state index contributed by atoms with van der Waals surface area (Å²) in [5.41, 5.74) is 0. The SMILES string of the molecule is CCNC(c1nccn1CC)C1CCOC1C. The van der Waals surface area contributed by atoms with Crippen LogP contribution in [0.15, 0.2) is 12.4 Å². The van der Waals surface area contributed by atoms with E-state index < -0.39 is 0 Å². The predicted octanol–water partition coefficient (Wildman–Crippen LogP) is 1.98. The van der Waals surface area contributed by atoms with Gasteiger partial charge in [0.1, 0.15) is 5.82 Å². The van der Waals surface area contributed by atoms with Crippen LogP contribution < -0.4 is 5.32 Å². The van der Waals surface area contributed by atoms with Crippen LogP contribution in [0.2, 0.25) is 0 Å². The lowest BCUT2D eigenvalue weighted by atomic mass is 9.92. The van der Waals surface area contributed by atoms with E-state index in [1.807, 2.05) is 6.20 Å². The Balaban J connectivity index is 2.22. The van der Waals surface area contributed by atoms with E-state index in [9.17, 15) is 0 Å². The molecule has 0 aromatic carbocycles. The van der Waals surface area contributed by atoms with Crippen LogP contribution in [0.25, 0.3) is 0 Å². The lowest BCUT2D eigenvalue weighted by molar-refractivity contribution is 0.0941. The third-order valence-electron chi connectivity index (χ3n) is 3.65. The zero-order valence-electron chi connectivity index (χ0n) is 11.0. The fourth-order valence-electron chi connectivity index (χ4n) is 2.71. The molecule has 96 valence electrons. The van der Waals surface area contributed by atoms with Crippen LogP contribution in [0.4, 0.5) is 0 Å². The molecule has 1 aliphatic heterocycles. The Morgan fingerprint density at radius 3 is 3.00 bits per heavy atom. The second kappa shape index (κ2) is 5.65. The Morgan fingerprint density at radius 2 is 2.41 bits per heavy atom. The second-order valence-corrected chi connectivity index (χ2v) is 4.64. The third kappa shape index (κ3) is 2.53. The predicted molar refractivity (Wildman–Crippen MR) is 67.8 cm³/mol. The zero-order chi connectivity index (χ0) is 12.3. The molecule has 2 rings (SSSR count). The first-order valence-electron chi connectivity index (χ1n) is 6.63. The first-order valence-corrected chi connectivity index (χ1v) is 6.63. The lowest BCUT2D eigenvalue weighted by Crippen LogP contribution is -2.33. The van der Waals surface area contributed by atoms with Crippen molar-refractivity contribution in [2.45, 2.75) is 45.9 Å². The molecule has 0 spiro atoms. The van der Waals surface area contributed by atoms with Gasteiger partial charge >= 0.3 is 0 Å². The van der Waals surface area contributed by atoms with Crippen molar-refractivity contribution in [2.75, 3.05) is 13.2 Å². The number of hydrogen-bond acceptors (Lipinski definition) is 3. The minimum absolute atomic E-state index is 0.312. The highest BCUT2D eigenvalue weighted by Crippen LogP contribution is 2.32. The first kappa shape index (κ1) is 12.6. The van der Waals surface area contributed by atoms with E-state index in [0.29, 0.717) is 18.1 Å². The number of imidazole rings is 1. The largest absolute Gasteiger partial charge is 0.378 e. The van der Waals surface area contributed by atoms with E-state index >= 15 is 0 Å². The summed E-state index contributed by atoms with van der Waals surface area (Å²) >= 11 is 0. The minimum Gasteiger partial charge on any atom is -0.378 e. The van der Waals surface area contributed by atoms with Crippen molar-refractivity contribution in [3.8, 4) is 0 Å². The summed E-state index contributed by atoms with van der Waals surface area (Å²) in [4.78, 5) is 4.53. The van der Waals surface area contributed by atoms with Gasteiger partial charge in [0.2, 0.25) is 0 Å². The Bertz CT molecular complexity index is 350. The van der Waals surface area contributed by atoms with E-state index in [1.54, 1.807) is 0 Å². The molecule has 1 saturated heterocycles. The number of nitrogens with zero attached hydrogens (tertiary/aromatic N) is 2. The van der Waals surface area contributed by atoms with Gasteiger partial charge in [-0.2, -0.15) is 0 Å². The Hall–Kier alpha value is -0.870. The van der Waals surface area contributed by atoms with Crippen molar-refractivity contribution in [1.29, 1.82) is 0 Å². The number of nitrogens with one attached hydrogen (secondary N) is 1. The van der Waals surface area contributed by atoms with Gasteiger partial charge in [0.15, 0.2) is 0 Å². The molecule has 1 aliphatic rings. The molecule has 4 nitrogen and oxygen atoms in total. The minimum atomic E-state index is 0.312. The van der Waals surface area contributed by atoms with E-state index in [4.69, 9.17) is 4.74 Å². The summed E-state index contributed by atoms with van der Waals surface area (Å²) in [6, 6.07) is 0.312. The molecule has 2 heterocycles. The molecule has 4 heteroatoms. The molecule has 1 N–H and O–H groups in total. The Kier molecular flexibility index (Phi) is 4.18. The van der Waals surface area contributed by atoms with E-state index in [1.165, 1.54) is 0 Å². The van der Waals surface area contributed by atoms with Gasteiger partial charge in [0, 0.05) is 31.5 Å². The van der Waals surface area contributed by atoms with Crippen LogP contribution in [0, 0.1) is 5.92 Å². The second-order valence-electron chi connectivity index (χ2n) is 4.64. The van der Waals surface area contributed by atoms with Gasteiger partial charge in [-0.1, -0.05) is 6.92 Å².